The largest absolute Gasteiger partial charge is 0.326 e. The number of carbonyl (C=O) groups is 2. The Hall–Kier alpha value is -2.08. The number of imidazole rings is 1. The van der Waals surface area contributed by atoms with Crippen molar-refractivity contribution in [3.05, 3.63) is 41.7 Å². The van der Waals surface area contributed by atoms with Gasteiger partial charge in [0.05, 0.1) is 5.75 Å². The molecule has 1 N–H and O–H groups in total. The second-order valence-electron chi connectivity index (χ2n) is 5.98. The van der Waals surface area contributed by atoms with Gasteiger partial charge in [0.2, 0.25) is 5.91 Å². The Morgan fingerprint density at radius 3 is 3.04 bits per heavy atom. The summed E-state index contributed by atoms with van der Waals surface area (Å²) in [5.74, 6) is 0.522. The van der Waals surface area contributed by atoms with Crippen molar-refractivity contribution in [2.75, 3.05) is 11.1 Å². The minimum Gasteiger partial charge on any atom is -0.326 e. The molecule has 0 spiro atoms. The number of rotatable bonds is 5. The van der Waals surface area contributed by atoms with E-state index in [-0.39, 0.29) is 11.7 Å². The fraction of sp³-hybridized carbons (Fsp3) is 0.353. The molecule has 1 aliphatic heterocycles. The first kappa shape index (κ1) is 14.5. The molecule has 1 aromatic heterocycles. The van der Waals surface area contributed by atoms with Crippen LogP contribution in [-0.4, -0.2) is 27.0 Å². The van der Waals surface area contributed by atoms with Gasteiger partial charge in [-0.05, 0) is 43.0 Å². The van der Waals surface area contributed by atoms with E-state index in [1.54, 1.807) is 12.3 Å². The molecule has 4 rings (SSSR count). The maximum atomic E-state index is 12.4. The van der Waals surface area contributed by atoms with Crippen LogP contribution in [0.2, 0.25) is 0 Å². The molecule has 1 saturated carbocycles. The van der Waals surface area contributed by atoms with E-state index in [1.165, 1.54) is 24.6 Å². The molecule has 2 aromatic rings. The number of ketones is 1. The van der Waals surface area contributed by atoms with E-state index in [0.717, 1.165) is 16.4 Å². The van der Waals surface area contributed by atoms with Gasteiger partial charge in [0.1, 0.15) is 0 Å². The van der Waals surface area contributed by atoms with Gasteiger partial charge < -0.3 is 9.88 Å². The number of aryl methyl sites for hydroxylation is 1. The first-order chi connectivity index (χ1) is 11.2. The number of thioether (sulfide) groups is 1. The number of hydrogen-bond acceptors (Lipinski definition) is 4. The van der Waals surface area contributed by atoms with Gasteiger partial charge in [-0.3, -0.25) is 9.59 Å². The Morgan fingerprint density at radius 1 is 1.35 bits per heavy atom. The molecule has 5 nitrogen and oxygen atoms in total. The molecular formula is C17H17N3O2S. The van der Waals surface area contributed by atoms with Crippen LogP contribution in [-0.2, 0) is 11.2 Å². The van der Waals surface area contributed by atoms with E-state index in [9.17, 15) is 9.59 Å². The molecule has 23 heavy (non-hydrogen) atoms. The molecule has 0 saturated heterocycles. The van der Waals surface area contributed by atoms with E-state index in [1.807, 2.05) is 18.3 Å². The number of anilines is 1. The summed E-state index contributed by atoms with van der Waals surface area (Å²) in [5.41, 5.74) is 2.58. The molecule has 0 unspecified atom stereocenters. The molecule has 2 heterocycles. The highest BCUT2D eigenvalue weighted by Crippen LogP contribution is 2.37. The fourth-order valence-electron chi connectivity index (χ4n) is 2.81. The Bertz CT molecular complexity index is 780. The van der Waals surface area contributed by atoms with Crippen LogP contribution in [0.5, 0.6) is 0 Å². The molecule has 1 amide bonds. The standard InChI is InChI=1S/C17H17N3O2S/c21-15(10-23-17-18-7-8-20(17)13-3-4-13)12-1-5-14-11(9-12)2-6-16(22)19-14/h1,5,7-9,13H,2-4,6,10H2,(H,19,22). The Labute approximate surface area is 138 Å². The van der Waals surface area contributed by atoms with Crippen LogP contribution < -0.4 is 5.32 Å². The second-order valence-corrected chi connectivity index (χ2v) is 6.92. The van der Waals surface area contributed by atoms with Crippen LogP contribution in [0.3, 0.4) is 0 Å². The number of fused-ring (bicyclic) bond motifs is 1. The van der Waals surface area contributed by atoms with Gasteiger partial charge in [-0.25, -0.2) is 4.98 Å². The topological polar surface area (TPSA) is 64.0 Å². The number of amides is 1. The van der Waals surface area contributed by atoms with Gasteiger partial charge in [0.25, 0.3) is 0 Å². The smallest absolute Gasteiger partial charge is 0.224 e. The van der Waals surface area contributed by atoms with Crippen molar-refractivity contribution in [1.29, 1.82) is 0 Å². The van der Waals surface area contributed by atoms with E-state index in [2.05, 4.69) is 14.9 Å². The Balaban J connectivity index is 1.45. The number of aromatic nitrogens is 2. The molecule has 0 radical (unpaired) electrons. The molecule has 0 atom stereocenters. The predicted molar refractivity (Wildman–Crippen MR) is 88.9 cm³/mol. The van der Waals surface area contributed by atoms with Crippen LogP contribution in [0.25, 0.3) is 0 Å². The average molecular weight is 327 g/mol. The van der Waals surface area contributed by atoms with Gasteiger partial charge in [-0.2, -0.15) is 0 Å². The summed E-state index contributed by atoms with van der Waals surface area (Å²) >= 11 is 1.50. The lowest BCUT2D eigenvalue weighted by atomic mass is 9.99. The zero-order valence-electron chi connectivity index (χ0n) is 12.6. The highest BCUT2D eigenvalue weighted by molar-refractivity contribution is 7.99. The second kappa shape index (κ2) is 5.85. The molecule has 0 bridgehead atoms. The third-order valence-corrected chi connectivity index (χ3v) is 5.21. The number of nitrogens with zero attached hydrogens (tertiary/aromatic N) is 2. The van der Waals surface area contributed by atoms with E-state index in [4.69, 9.17) is 0 Å². The van der Waals surface area contributed by atoms with E-state index >= 15 is 0 Å². The minimum absolute atomic E-state index is 0.0408. The highest BCUT2D eigenvalue weighted by Gasteiger charge is 2.26. The molecule has 1 aromatic carbocycles. The summed E-state index contributed by atoms with van der Waals surface area (Å²) in [6, 6.07) is 6.10. The van der Waals surface area contributed by atoms with Crippen LogP contribution in [0, 0.1) is 0 Å². The van der Waals surface area contributed by atoms with Crippen molar-refractivity contribution in [2.24, 2.45) is 0 Å². The first-order valence-corrected chi connectivity index (χ1v) is 8.81. The number of carbonyl (C=O) groups excluding carboxylic acids is 2. The van der Waals surface area contributed by atoms with Crippen LogP contribution in [0.1, 0.15) is 41.2 Å². The van der Waals surface area contributed by atoms with E-state index < -0.39 is 0 Å². The van der Waals surface area contributed by atoms with E-state index in [0.29, 0.717) is 30.2 Å². The van der Waals surface area contributed by atoms with Crippen molar-refractivity contribution < 1.29 is 9.59 Å². The predicted octanol–water partition coefficient (Wildman–Crippen LogP) is 3.08. The zero-order chi connectivity index (χ0) is 15.8. The third-order valence-electron chi connectivity index (χ3n) is 4.23. The Kier molecular flexibility index (Phi) is 3.69. The van der Waals surface area contributed by atoms with Crippen molar-refractivity contribution in [1.82, 2.24) is 9.55 Å². The Morgan fingerprint density at radius 2 is 2.22 bits per heavy atom. The normalized spacial score (nSPS) is 16.8. The van der Waals surface area contributed by atoms with Crippen LogP contribution >= 0.6 is 11.8 Å². The summed E-state index contributed by atoms with van der Waals surface area (Å²) in [6.45, 7) is 0. The summed E-state index contributed by atoms with van der Waals surface area (Å²) in [6.07, 6.45) is 7.38. The summed E-state index contributed by atoms with van der Waals surface area (Å²) in [4.78, 5) is 28.2. The number of benzene rings is 1. The molecule has 2 aliphatic rings. The summed E-state index contributed by atoms with van der Waals surface area (Å²) in [5, 5.41) is 3.76. The van der Waals surface area contributed by atoms with Crippen molar-refractivity contribution in [3.8, 4) is 0 Å². The fourth-order valence-corrected chi connectivity index (χ4v) is 3.73. The zero-order valence-corrected chi connectivity index (χ0v) is 13.4. The molecule has 1 aliphatic carbocycles. The summed E-state index contributed by atoms with van der Waals surface area (Å²) in [7, 11) is 0. The maximum absolute atomic E-state index is 12.4. The van der Waals surface area contributed by atoms with Crippen molar-refractivity contribution in [2.45, 2.75) is 36.9 Å². The first-order valence-electron chi connectivity index (χ1n) is 7.82. The molecule has 1 fully saturated rings. The molecule has 6 heteroatoms. The number of nitrogens with one attached hydrogen (secondary N) is 1. The molecule has 118 valence electrons. The van der Waals surface area contributed by atoms with Gasteiger partial charge in [0, 0.05) is 36.1 Å². The number of Topliss-reactive ketones (excluding diaryl/α,β-unsaturated/α-hetero) is 1. The van der Waals surface area contributed by atoms with Crippen LogP contribution in [0.15, 0.2) is 35.7 Å². The summed E-state index contributed by atoms with van der Waals surface area (Å²) < 4.78 is 2.17. The lowest BCUT2D eigenvalue weighted by Crippen LogP contribution is -2.19. The van der Waals surface area contributed by atoms with Gasteiger partial charge in [-0.1, -0.05) is 11.8 Å². The van der Waals surface area contributed by atoms with Crippen LogP contribution in [0.4, 0.5) is 5.69 Å². The maximum Gasteiger partial charge on any atom is 0.224 e. The SMILES string of the molecule is O=C1CCc2cc(C(=O)CSc3nccn3C3CC3)ccc2N1. The quantitative estimate of drug-likeness (QED) is 0.677. The van der Waals surface area contributed by atoms with Gasteiger partial charge >= 0.3 is 0 Å². The lowest BCUT2D eigenvalue weighted by Gasteiger charge is -2.17. The third kappa shape index (κ3) is 3.03. The van der Waals surface area contributed by atoms with Crippen molar-refractivity contribution in [3.63, 3.8) is 0 Å². The van der Waals surface area contributed by atoms with Gasteiger partial charge in [-0.15, -0.1) is 0 Å². The minimum atomic E-state index is 0.0408. The van der Waals surface area contributed by atoms with Gasteiger partial charge in [0.15, 0.2) is 10.9 Å². The monoisotopic (exact) mass is 327 g/mol. The highest BCUT2D eigenvalue weighted by atomic mass is 32.2. The lowest BCUT2D eigenvalue weighted by molar-refractivity contribution is -0.116. The average Bonchev–Trinajstić information content (AvgIpc) is 3.30. The molecular weight excluding hydrogens is 310 g/mol. The van der Waals surface area contributed by atoms with Crippen molar-refractivity contribution >= 4 is 29.1 Å². The number of hydrogen-bond donors (Lipinski definition) is 1.